The lowest BCUT2D eigenvalue weighted by atomic mass is 9.72. The molecule has 0 aromatic rings. The minimum Gasteiger partial charge on any atom is -0.480 e. The Morgan fingerprint density at radius 3 is 2.40 bits per heavy atom. The summed E-state index contributed by atoms with van der Waals surface area (Å²) >= 11 is 0. The molecule has 1 aliphatic heterocycles. The highest BCUT2D eigenvalue weighted by Crippen LogP contribution is 2.40. The Bertz CT molecular complexity index is 321. The molecule has 0 bridgehead atoms. The summed E-state index contributed by atoms with van der Waals surface area (Å²) in [5, 5.41) is 9.94. The van der Waals surface area contributed by atoms with Crippen LogP contribution in [0.2, 0.25) is 0 Å². The third-order valence-electron chi connectivity index (χ3n) is 5.24. The molecule has 116 valence electrons. The summed E-state index contributed by atoms with van der Waals surface area (Å²) in [6.07, 6.45) is 10.1. The molecular formula is C17H31NO2. The predicted octanol–water partition coefficient (Wildman–Crippen LogP) is 3.92. The second-order valence-corrected chi connectivity index (χ2v) is 7.33. The molecule has 2 atom stereocenters. The van der Waals surface area contributed by atoms with E-state index in [4.69, 9.17) is 0 Å². The van der Waals surface area contributed by atoms with Crippen LogP contribution in [-0.4, -0.2) is 34.6 Å². The van der Waals surface area contributed by atoms with Crippen molar-refractivity contribution in [1.82, 2.24) is 4.90 Å². The molecule has 2 unspecified atom stereocenters. The molecule has 3 heteroatoms. The number of carboxylic acid groups (broad SMARTS) is 1. The van der Waals surface area contributed by atoms with E-state index in [9.17, 15) is 9.90 Å². The van der Waals surface area contributed by atoms with Gasteiger partial charge in [0.05, 0.1) is 0 Å². The molecule has 2 aliphatic rings. The number of carboxylic acids is 1. The zero-order valence-corrected chi connectivity index (χ0v) is 13.2. The lowest BCUT2D eigenvalue weighted by Gasteiger charge is -2.45. The number of carbonyl (C=O) groups is 1. The van der Waals surface area contributed by atoms with Crippen molar-refractivity contribution >= 4 is 5.97 Å². The lowest BCUT2D eigenvalue weighted by Crippen LogP contribution is -2.57. The number of aliphatic carboxylic acids is 1. The third-order valence-corrected chi connectivity index (χ3v) is 5.24. The fourth-order valence-corrected chi connectivity index (χ4v) is 4.35. The van der Waals surface area contributed by atoms with Crippen molar-refractivity contribution < 1.29 is 9.90 Å². The van der Waals surface area contributed by atoms with Crippen LogP contribution in [0, 0.1) is 11.8 Å². The molecule has 3 nitrogen and oxygen atoms in total. The van der Waals surface area contributed by atoms with Gasteiger partial charge in [0.1, 0.15) is 5.54 Å². The van der Waals surface area contributed by atoms with Gasteiger partial charge in [-0.2, -0.15) is 0 Å². The summed E-state index contributed by atoms with van der Waals surface area (Å²) in [4.78, 5) is 14.4. The topological polar surface area (TPSA) is 40.5 Å². The van der Waals surface area contributed by atoms with E-state index in [2.05, 4.69) is 18.7 Å². The molecule has 0 aromatic heterocycles. The molecule has 1 aliphatic carbocycles. The van der Waals surface area contributed by atoms with Crippen LogP contribution in [0.4, 0.5) is 0 Å². The second kappa shape index (κ2) is 6.93. The van der Waals surface area contributed by atoms with Gasteiger partial charge in [0.2, 0.25) is 0 Å². The van der Waals surface area contributed by atoms with Gasteiger partial charge in [-0.3, -0.25) is 9.69 Å². The fourth-order valence-electron chi connectivity index (χ4n) is 4.35. The quantitative estimate of drug-likeness (QED) is 0.849. The summed E-state index contributed by atoms with van der Waals surface area (Å²) in [5.74, 6) is 0.713. The van der Waals surface area contributed by atoms with Crippen molar-refractivity contribution in [1.29, 1.82) is 0 Å². The van der Waals surface area contributed by atoms with Gasteiger partial charge in [0.25, 0.3) is 0 Å². The van der Waals surface area contributed by atoms with Crippen LogP contribution in [0.25, 0.3) is 0 Å². The van der Waals surface area contributed by atoms with Crippen molar-refractivity contribution in [2.24, 2.45) is 11.8 Å². The lowest BCUT2D eigenvalue weighted by molar-refractivity contribution is -0.156. The maximum atomic E-state index is 12.1. The first-order valence-electron chi connectivity index (χ1n) is 8.53. The van der Waals surface area contributed by atoms with Gasteiger partial charge < -0.3 is 5.11 Å². The Balaban J connectivity index is 2.13. The maximum absolute atomic E-state index is 12.1. The smallest absolute Gasteiger partial charge is 0.324 e. The minimum absolute atomic E-state index is 0.553. The number of rotatable bonds is 4. The third kappa shape index (κ3) is 3.55. The molecule has 0 aromatic carbocycles. The van der Waals surface area contributed by atoms with Crippen molar-refractivity contribution in [2.75, 3.05) is 13.1 Å². The summed E-state index contributed by atoms with van der Waals surface area (Å²) in [6.45, 7) is 6.48. The molecule has 1 N–H and O–H groups in total. The number of nitrogens with zero attached hydrogens (tertiary/aromatic N) is 1. The van der Waals surface area contributed by atoms with Crippen LogP contribution in [0.1, 0.15) is 71.6 Å². The van der Waals surface area contributed by atoms with Gasteiger partial charge in [0.15, 0.2) is 0 Å². The van der Waals surface area contributed by atoms with Crippen LogP contribution in [0.5, 0.6) is 0 Å². The highest BCUT2D eigenvalue weighted by Gasteiger charge is 2.47. The van der Waals surface area contributed by atoms with Crippen LogP contribution in [-0.2, 0) is 4.79 Å². The minimum atomic E-state index is -0.562. The van der Waals surface area contributed by atoms with Gasteiger partial charge in [-0.25, -0.2) is 0 Å². The highest BCUT2D eigenvalue weighted by molar-refractivity contribution is 5.79. The van der Waals surface area contributed by atoms with E-state index in [0.29, 0.717) is 11.8 Å². The summed E-state index contributed by atoms with van der Waals surface area (Å²) in [6, 6.07) is 0. The Hall–Kier alpha value is -0.570. The molecule has 1 saturated heterocycles. The van der Waals surface area contributed by atoms with Crippen molar-refractivity contribution in [3.63, 3.8) is 0 Å². The van der Waals surface area contributed by atoms with E-state index in [1.165, 1.54) is 38.5 Å². The molecule has 1 heterocycles. The van der Waals surface area contributed by atoms with Crippen molar-refractivity contribution in [2.45, 2.75) is 77.2 Å². The van der Waals surface area contributed by atoms with Gasteiger partial charge in [-0.15, -0.1) is 0 Å². The standard InChI is InChI=1S/C17H31NO2/c1-14(2)12-15-8-7-9-17(13-15,16(19)20)18-10-5-3-4-6-11-18/h14-15H,3-13H2,1-2H3,(H,19,20). The average molecular weight is 281 g/mol. The van der Waals surface area contributed by atoms with Gasteiger partial charge in [0, 0.05) is 0 Å². The van der Waals surface area contributed by atoms with Gasteiger partial charge >= 0.3 is 5.97 Å². The molecule has 2 rings (SSSR count). The predicted molar refractivity (Wildman–Crippen MR) is 81.8 cm³/mol. The first-order chi connectivity index (χ1) is 9.54. The first-order valence-corrected chi connectivity index (χ1v) is 8.53. The van der Waals surface area contributed by atoms with Gasteiger partial charge in [-0.05, 0) is 57.0 Å². The van der Waals surface area contributed by atoms with Crippen LogP contribution < -0.4 is 0 Å². The molecule has 1 saturated carbocycles. The van der Waals surface area contributed by atoms with Crippen molar-refractivity contribution in [3.8, 4) is 0 Å². The SMILES string of the molecule is CC(C)CC1CCCC(C(=O)O)(N2CCCCCC2)C1. The van der Waals surface area contributed by atoms with E-state index in [-0.39, 0.29) is 0 Å². The Labute approximate surface area is 123 Å². The highest BCUT2D eigenvalue weighted by atomic mass is 16.4. The second-order valence-electron chi connectivity index (χ2n) is 7.33. The van der Waals surface area contributed by atoms with E-state index >= 15 is 0 Å². The van der Waals surface area contributed by atoms with Crippen LogP contribution >= 0.6 is 0 Å². The normalized spacial score (nSPS) is 33.0. The van der Waals surface area contributed by atoms with Crippen molar-refractivity contribution in [3.05, 3.63) is 0 Å². The average Bonchev–Trinajstić information content (AvgIpc) is 2.67. The monoisotopic (exact) mass is 281 g/mol. The Morgan fingerprint density at radius 2 is 1.85 bits per heavy atom. The Kier molecular flexibility index (Phi) is 5.48. The van der Waals surface area contributed by atoms with E-state index in [1.807, 2.05) is 0 Å². The van der Waals surface area contributed by atoms with E-state index in [0.717, 1.165) is 32.4 Å². The van der Waals surface area contributed by atoms with Crippen LogP contribution in [0.15, 0.2) is 0 Å². The molecule has 0 radical (unpaired) electrons. The molecular weight excluding hydrogens is 250 g/mol. The first kappa shape index (κ1) is 15.8. The van der Waals surface area contributed by atoms with Crippen LogP contribution in [0.3, 0.4) is 0 Å². The zero-order valence-electron chi connectivity index (χ0n) is 13.2. The van der Waals surface area contributed by atoms with Gasteiger partial charge in [-0.1, -0.05) is 39.5 Å². The molecule has 20 heavy (non-hydrogen) atoms. The summed E-state index contributed by atoms with van der Waals surface area (Å²) < 4.78 is 0. The molecule has 0 spiro atoms. The fraction of sp³-hybridized carbons (Fsp3) is 0.941. The summed E-state index contributed by atoms with van der Waals surface area (Å²) in [7, 11) is 0. The molecule has 2 fully saturated rings. The largest absolute Gasteiger partial charge is 0.480 e. The Morgan fingerprint density at radius 1 is 1.20 bits per heavy atom. The van der Waals surface area contributed by atoms with E-state index in [1.54, 1.807) is 0 Å². The number of likely N-dealkylation sites (tertiary alicyclic amines) is 1. The number of hydrogen-bond acceptors (Lipinski definition) is 2. The maximum Gasteiger partial charge on any atom is 0.324 e. The summed E-state index contributed by atoms with van der Waals surface area (Å²) in [5.41, 5.74) is -0.553. The number of hydrogen-bond donors (Lipinski definition) is 1. The molecule has 0 amide bonds. The zero-order chi connectivity index (χ0) is 14.6. The van der Waals surface area contributed by atoms with E-state index < -0.39 is 11.5 Å².